The van der Waals surface area contributed by atoms with E-state index in [1.165, 1.54) is 0 Å². The fraction of sp³-hybridized carbons (Fsp3) is 0.500. The average molecular weight is 303 g/mol. The summed E-state index contributed by atoms with van der Waals surface area (Å²) in [6, 6.07) is 9.51. The first-order valence-electron chi connectivity index (χ1n) is 6.24. The van der Waals surface area contributed by atoms with Crippen LogP contribution in [-0.4, -0.2) is 24.5 Å². The number of benzene rings is 1. The van der Waals surface area contributed by atoms with Crippen molar-refractivity contribution in [2.45, 2.75) is 19.4 Å². The molecule has 0 spiro atoms. The second kappa shape index (κ2) is 10.1. The van der Waals surface area contributed by atoms with Gasteiger partial charge in [0.25, 0.3) is 0 Å². The van der Waals surface area contributed by atoms with Gasteiger partial charge in [-0.1, -0.05) is 37.3 Å². The predicted molar refractivity (Wildman–Crippen MR) is 85.8 cm³/mol. The molecule has 1 rings (SSSR count). The van der Waals surface area contributed by atoms with Gasteiger partial charge in [0.1, 0.15) is 0 Å². The summed E-state index contributed by atoms with van der Waals surface area (Å²) in [6.07, 6.45) is 3.07. The van der Waals surface area contributed by atoms with Gasteiger partial charge >= 0.3 is 0 Å². The van der Waals surface area contributed by atoms with E-state index in [0.717, 1.165) is 24.3 Å². The summed E-state index contributed by atoms with van der Waals surface area (Å²) in [5, 5.41) is 2.94. The van der Waals surface area contributed by atoms with Crippen molar-refractivity contribution in [3.05, 3.63) is 35.9 Å². The molecule has 0 aliphatic rings. The van der Waals surface area contributed by atoms with E-state index in [1.807, 2.05) is 37.3 Å². The minimum atomic E-state index is -0.244. The molecule has 0 aliphatic heterocycles. The van der Waals surface area contributed by atoms with Crippen LogP contribution >= 0.6 is 24.2 Å². The van der Waals surface area contributed by atoms with E-state index < -0.39 is 0 Å². The molecule has 1 aromatic rings. The van der Waals surface area contributed by atoms with Crippen molar-refractivity contribution in [2.24, 2.45) is 11.7 Å². The van der Waals surface area contributed by atoms with Gasteiger partial charge in [-0.3, -0.25) is 4.79 Å². The number of thioether (sulfide) groups is 1. The molecule has 0 radical (unpaired) electrons. The van der Waals surface area contributed by atoms with E-state index in [0.29, 0.717) is 0 Å². The smallest absolute Gasteiger partial charge is 0.224 e. The maximum atomic E-state index is 11.9. The highest BCUT2D eigenvalue weighted by Crippen LogP contribution is 2.18. The summed E-state index contributed by atoms with van der Waals surface area (Å²) in [5.74, 6) is 0.897. The molecule has 0 heterocycles. The minimum absolute atomic E-state index is 0. The van der Waals surface area contributed by atoms with Crippen molar-refractivity contribution in [2.75, 3.05) is 18.6 Å². The monoisotopic (exact) mass is 302 g/mol. The van der Waals surface area contributed by atoms with Gasteiger partial charge in [0.2, 0.25) is 5.91 Å². The number of nitrogens with one attached hydrogen (secondary N) is 1. The van der Waals surface area contributed by atoms with Crippen LogP contribution in [0.2, 0.25) is 0 Å². The molecular formula is C14H23ClN2OS. The van der Waals surface area contributed by atoms with Crippen LogP contribution in [0.25, 0.3) is 0 Å². The van der Waals surface area contributed by atoms with Crippen molar-refractivity contribution in [3.63, 3.8) is 0 Å². The first kappa shape index (κ1) is 18.3. The number of hydrogen-bond donors (Lipinski definition) is 2. The topological polar surface area (TPSA) is 55.1 Å². The fourth-order valence-electron chi connectivity index (χ4n) is 1.72. The third-order valence-electron chi connectivity index (χ3n) is 2.96. The summed E-state index contributed by atoms with van der Waals surface area (Å²) < 4.78 is 0. The molecule has 0 saturated carbocycles. The SMILES string of the molecule is CSCCCNC(=O)C(C)C(N)c1ccccc1.Cl. The summed E-state index contributed by atoms with van der Waals surface area (Å²) >= 11 is 1.79. The molecule has 1 amide bonds. The fourth-order valence-corrected chi connectivity index (χ4v) is 2.15. The van der Waals surface area contributed by atoms with Gasteiger partial charge in [-0.2, -0.15) is 11.8 Å². The lowest BCUT2D eigenvalue weighted by Gasteiger charge is -2.19. The van der Waals surface area contributed by atoms with Crippen molar-refractivity contribution in [3.8, 4) is 0 Å². The third-order valence-corrected chi connectivity index (χ3v) is 3.66. The molecule has 3 N–H and O–H groups in total. The Morgan fingerprint density at radius 2 is 2.00 bits per heavy atom. The standard InChI is InChI=1S/C14H22N2OS.ClH/c1-11(14(17)16-9-6-10-18-2)13(15)12-7-4-3-5-8-12;/h3-5,7-8,11,13H,6,9-10,15H2,1-2H3,(H,16,17);1H. The first-order chi connectivity index (χ1) is 8.66. The number of carbonyl (C=O) groups is 1. The highest BCUT2D eigenvalue weighted by molar-refractivity contribution is 7.98. The van der Waals surface area contributed by atoms with Gasteiger partial charge in [0, 0.05) is 12.6 Å². The number of nitrogens with two attached hydrogens (primary N) is 1. The lowest BCUT2D eigenvalue weighted by Crippen LogP contribution is -2.36. The van der Waals surface area contributed by atoms with E-state index in [2.05, 4.69) is 11.6 Å². The highest BCUT2D eigenvalue weighted by atomic mass is 35.5. The summed E-state index contributed by atoms with van der Waals surface area (Å²) in [7, 11) is 0. The molecule has 0 bridgehead atoms. The Kier molecular flexibility index (Phi) is 9.74. The Morgan fingerprint density at radius 3 is 2.58 bits per heavy atom. The van der Waals surface area contributed by atoms with Crippen LogP contribution in [0.5, 0.6) is 0 Å². The van der Waals surface area contributed by atoms with E-state index >= 15 is 0 Å². The Bertz CT molecular complexity index is 362. The Balaban J connectivity index is 0.00000324. The Labute approximate surface area is 126 Å². The van der Waals surface area contributed by atoms with Gasteiger partial charge in [0.15, 0.2) is 0 Å². The zero-order valence-electron chi connectivity index (χ0n) is 11.5. The van der Waals surface area contributed by atoms with E-state index in [-0.39, 0.29) is 30.3 Å². The molecule has 0 saturated heterocycles. The molecule has 0 fully saturated rings. The molecule has 19 heavy (non-hydrogen) atoms. The molecule has 3 nitrogen and oxygen atoms in total. The summed E-state index contributed by atoms with van der Waals surface area (Å²) in [5.41, 5.74) is 7.11. The quantitative estimate of drug-likeness (QED) is 0.761. The van der Waals surface area contributed by atoms with Crippen molar-refractivity contribution < 1.29 is 4.79 Å². The molecule has 0 aromatic heterocycles. The van der Waals surface area contributed by atoms with Crippen LogP contribution in [0.15, 0.2) is 30.3 Å². The molecule has 2 unspecified atom stereocenters. The maximum Gasteiger partial charge on any atom is 0.224 e. The number of rotatable bonds is 7. The van der Waals surface area contributed by atoms with Crippen molar-refractivity contribution >= 4 is 30.1 Å². The average Bonchev–Trinajstić information content (AvgIpc) is 2.42. The second-order valence-electron chi connectivity index (χ2n) is 4.36. The number of amides is 1. The molecule has 108 valence electrons. The Morgan fingerprint density at radius 1 is 1.37 bits per heavy atom. The highest BCUT2D eigenvalue weighted by Gasteiger charge is 2.21. The minimum Gasteiger partial charge on any atom is -0.356 e. The number of carbonyl (C=O) groups excluding carboxylic acids is 1. The van der Waals surface area contributed by atoms with Gasteiger partial charge in [-0.25, -0.2) is 0 Å². The molecular weight excluding hydrogens is 280 g/mol. The Hall–Kier alpha value is -0.710. The zero-order valence-corrected chi connectivity index (χ0v) is 13.1. The maximum absolute atomic E-state index is 11.9. The number of halogens is 1. The summed E-state index contributed by atoms with van der Waals surface area (Å²) in [6.45, 7) is 2.60. The van der Waals surface area contributed by atoms with Crippen LogP contribution in [0.4, 0.5) is 0 Å². The molecule has 0 aliphatic carbocycles. The molecule has 2 atom stereocenters. The number of hydrogen-bond acceptors (Lipinski definition) is 3. The van der Waals surface area contributed by atoms with E-state index in [9.17, 15) is 4.79 Å². The van der Waals surface area contributed by atoms with Gasteiger partial charge in [-0.05, 0) is 24.0 Å². The van der Waals surface area contributed by atoms with Gasteiger partial charge in [0.05, 0.1) is 5.92 Å². The van der Waals surface area contributed by atoms with Crippen LogP contribution in [-0.2, 0) is 4.79 Å². The first-order valence-corrected chi connectivity index (χ1v) is 7.63. The third kappa shape index (κ3) is 6.32. The van der Waals surface area contributed by atoms with Gasteiger partial charge in [-0.15, -0.1) is 12.4 Å². The molecule has 5 heteroatoms. The van der Waals surface area contributed by atoms with Crippen LogP contribution in [0, 0.1) is 5.92 Å². The van der Waals surface area contributed by atoms with Crippen molar-refractivity contribution in [1.82, 2.24) is 5.32 Å². The predicted octanol–water partition coefficient (Wildman–Crippen LogP) is 2.61. The van der Waals surface area contributed by atoms with Gasteiger partial charge < -0.3 is 11.1 Å². The van der Waals surface area contributed by atoms with Crippen LogP contribution in [0.3, 0.4) is 0 Å². The zero-order chi connectivity index (χ0) is 13.4. The van der Waals surface area contributed by atoms with Crippen molar-refractivity contribution in [1.29, 1.82) is 0 Å². The van der Waals surface area contributed by atoms with E-state index in [1.54, 1.807) is 11.8 Å². The van der Waals surface area contributed by atoms with Crippen LogP contribution in [0.1, 0.15) is 24.9 Å². The van der Waals surface area contributed by atoms with E-state index in [4.69, 9.17) is 5.73 Å². The lowest BCUT2D eigenvalue weighted by molar-refractivity contribution is -0.125. The summed E-state index contributed by atoms with van der Waals surface area (Å²) in [4.78, 5) is 11.9. The molecule has 1 aromatic carbocycles. The lowest BCUT2D eigenvalue weighted by atomic mass is 9.95. The second-order valence-corrected chi connectivity index (χ2v) is 5.35. The largest absolute Gasteiger partial charge is 0.356 e. The van der Waals surface area contributed by atoms with Crippen LogP contribution < -0.4 is 11.1 Å². The normalized spacial score (nSPS) is 13.2.